The summed E-state index contributed by atoms with van der Waals surface area (Å²) in [5.74, 6) is 0. The summed E-state index contributed by atoms with van der Waals surface area (Å²) in [5, 5.41) is 0. The molecule has 2 aliphatic rings. The van der Waals surface area contributed by atoms with Gasteiger partial charge in [0, 0.05) is 18.6 Å². The van der Waals surface area contributed by atoms with E-state index < -0.39 is 0 Å². The lowest BCUT2D eigenvalue weighted by Crippen LogP contribution is -2.47. The van der Waals surface area contributed by atoms with Gasteiger partial charge in [0.05, 0.1) is 29.5 Å². The molecule has 126 valence electrons. The van der Waals surface area contributed by atoms with Crippen molar-refractivity contribution >= 4 is 17.4 Å². The molecule has 0 N–H and O–H groups in total. The average molecular weight is 324 g/mol. The molecule has 5 nitrogen and oxygen atoms in total. The quantitative estimate of drug-likeness (QED) is 0.767. The Morgan fingerprint density at radius 3 is 2.75 bits per heavy atom. The maximum absolute atomic E-state index is 11.6. The van der Waals surface area contributed by atoms with Crippen LogP contribution in [0, 0.1) is 0 Å². The lowest BCUT2D eigenvalue weighted by Gasteiger charge is -2.39. The summed E-state index contributed by atoms with van der Waals surface area (Å²) in [7, 11) is 0. The molecule has 24 heavy (non-hydrogen) atoms. The van der Waals surface area contributed by atoms with Crippen LogP contribution in [0.3, 0.4) is 0 Å². The first-order valence-electron chi connectivity index (χ1n) is 8.99. The predicted octanol–water partition coefficient (Wildman–Crippen LogP) is 2.61. The summed E-state index contributed by atoms with van der Waals surface area (Å²) in [4.78, 5) is 25.2. The number of carbonyl (C=O) groups excluding carboxylic acids is 1. The molecule has 1 aromatic carbocycles. The molecule has 0 unspecified atom stereocenters. The Hall–Kier alpha value is -2.01. The molecule has 2 heterocycles. The van der Waals surface area contributed by atoms with E-state index in [1.807, 2.05) is 29.2 Å². The van der Waals surface area contributed by atoms with Crippen molar-refractivity contribution in [1.29, 1.82) is 0 Å². The van der Waals surface area contributed by atoms with Crippen LogP contribution in [0.15, 0.2) is 30.5 Å². The van der Waals surface area contributed by atoms with Crippen molar-refractivity contribution < 1.29 is 4.79 Å². The zero-order valence-corrected chi connectivity index (χ0v) is 14.0. The van der Waals surface area contributed by atoms with E-state index >= 15 is 0 Å². The Balaban J connectivity index is 1.43. The molecule has 1 aliphatic heterocycles. The number of carbonyl (C=O) groups is 1. The molecule has 1 saturated carbocycles. The number of amides is 1. The van der Waals surface area contributed by atoms with Crippen molar-refractivity contribution in [2.24, 2.45) is 0 Å². The van der Waals surface area contributed by atoms with E-state index in [-0.39, 0.29) is 0 Å². The van der Waals surface area contributed by atoms with Gasteiger partial charge in [-0.1, -0.05) is 18.6 Å². The molecular formula is C19H24N4O. The highest BCUT2D eigenvalue weighted by molar-refractivity contribution is 5.73. The number of rotatable bonds is 6. The minimum Gasteiger partial charge on any atom is -0.338 e. The number of nitrogens with zero attached hydrogens (tertiary/aromatic N) is 4. The van der Waals surface area contributed by atoms with Crippen LogP contribution in [-0.4, -0.2) is 51.4 Å². The van der Waals surface area contributed by atoms with Crippen LogP contribution in [0.25, 0.3) is 11.0 Å². The summed E-state index contributed by atoms with van der Waals surface area (Å²) >= 11 is 0. The first-order chi connectivity index (χ1) is 11.8. The number of hydrogen-bond donors (Lipinski definition) is 0. The van der Waals surface area contributed by atoms with Crippen molar-refractivity contribution in [1.82, 2.24) is 19.8 Å². The molecule has 2 fully saturated rings. The third-order valence-electron chi connectivity index (χ3n) is 5.42. The Kier molecular flexibility index (Phi) is 4.43. The number of fused-ring (bicyclic) bond motifs is 1. The average Bonchev–Trinajstić information content (AvgIpc) is 3.00. The van der Waals surface area contributed by atoms with E-state index in [0.717, 1.165) is 35.7 Å². The van der Waals surface area contributed by atoms with Gasteiger partial charge >= 0.3 is 0 Å². The van der Waals surface area contributed by atoms with Gasteiger partial charge in [0.2, 0.25) is 6.41 Å². The van der Waals surface area contributed by atoms with Crippen molar-refractivity contribution in [3.63, 3.8) is 0 Å². The highest BCUT2D eigenvalue weighted by Crippen LogP contribution is 2.31. The fraction of sp³-hybridized carbons (Fsp3) is 0.526. The van der Waals surface area contributed by atoms with Crippen LogP contribution < -0.4 is 0 Å². The second kappa shape index (κ2) is 6.85. The summed E-state index contributed by atoms with van der Waals surface area (Å²) in [6.07, 6.45) is 9.22. The van der Waals surface area contributed by atoms with Gasteiger partial charge in [-0.15, -0.1) is 0 Å². The molecule has 1 amide bonds. The van der Waals surface area contributed by atoms with Crippen LogP contribution in [0.5, 0.6) is 0 Å². The third kappa shape index (κ3) is 3.13. The first kappa shape index (κ1) is 15.5. The summed E-state index contributed by atoms with van der Waals surface area (Å²) in [5.41, 5.74) is 2.64. The number of aromatic nitrogens is 2. The van der Waals surface area contributed by atoms with Gasteiger partial charge in [0.25, 0.3) is 0 Å². The van der Waals surface area contributed by atoms with Crippen LogP contribution in [-0.2, 0) is 11.3 Å². The van der Waals surface area contributed by atoms with Crippen molar-refractivity contribution in [2.75, 3.05) is 13.1 Å². The molecule has 0 bridgehead atoms. The van der Waals surface area contributed by atoms with Gasteiger partial charge in [-0.2, -0.15) is 0 Å². The smallest absolute Gasteiger partial charge is 0.210 e. The van der Waals surface area contributed by atoms with Crippen molar-refractivity contribution in [2.45, 2.75) is 50.7 Å². The van der Waals surface area contributed by atoms with Gasteiger partial charge in [-0.05, 0) is 44.4 Å². The highest BCUT2D eigenvalue weighted by Gasteiger charge is 2.34. The van der Waals surface area contributed by atoms with Gasteiger partial charge in [0.15, 0.2) is 0 Å². The Bertz CT molecular complexity index is 715. The van der Waals surface area contributed by atoms with E-state index in [1.54, 1.807) is 6.20 Å². The zero-order chi connectivity index (χ0) is 16.4. The minimum absolute atomic E-state index is 0.508. The van der Waals surface area contributed by atoms with Crippen molar-refractivity contribution in [3.8, 4) is 0 Å². The molecule has 0 spiro atoms. The van der Waals surface area contributed by atoms with Crippen LogP contribution in [0.2, 0.25) is 0 Å². The fourth-order valence-electron chi connectivity index (χ4n) is 3.95. The van der Waals surface area contributed by atoms with Crippen LogP contribution in [0.1, 0.15) is 37.8 Å². The Morgan fingerprint density at radius 2 is 2.00 bits per heavy atom. The lowest BCUT2D eigenvalue weighted by molar-refractivity contribution is -0.119. The number of benzene rings is 1. The maximum atomic E-state index is 11.6. The monoisotopic (exact) mass is 324 g/mol. The molecule has 4 rings (SSSR count). The highest BCUT2D eigenvalue weighted by atomic mass is 16.1. The number of likely N-dealkylation sites (tertiary alicyclic amines) is 1. The SMILES string of the molecule is O=CN(Cc1cnc2ccccc2n1)C[C@@H]1CCCN1C1CCC1. The molecule has 1 aromatic heterocycles. The van der Waals surface area contributed by atoms with Crippen molar-refractivity contribution in [3.05, 3.63) is 36.2 Å². The second-order valence-electron chi connectivity index (χ2n) is 7.00. The fourth-order valence-corrected chi connectivity index (χ4v) is 3.95. The standard InChI is InChI=1S/C19H24N4O/c24-14-22(13-17-7-4-10-23(17)16-5-3-6-16)12-15-11-20-18-8-1-2-9-19(18)21-15/h1-2,8-9,11,14,16-17H,3-7,10,12-13H2/t17-/m0/s1. The topological polar surface area (TPSA) is 49.3 Å². The van der Waals surface area contributed by atoms with E-state index in [0.29, 0.717) is 12.6 Å². The second-order valence-corrected chi connectivity index (χ2v) is 7.00. The molecule has 1 aliphatic carbocycles. The summed E-state index contributed by atoms with van der Waals surface area (Å²) < 4.78 is 0. The van der Waals surface area contributed by atoms with Crippen LogP contribution >= 0.6 is 0 Å². The molecule has 1 atom stereocenters. The van der Waals surface area contributed by atoms with E-state index in [2.05, 4.69) is 14.9 Å². The van der Waals surface area contributed by atoms with E-state index in [4.69, 9.17) is 0 Å². The lowest BCUT2D eigenvalue weighted by atomic mass is 9.91. The number of para-hydroxylation sites is 2. The molecular weight excluding hydrogens is 300 g/mol. The third-order valence-corrected chi connectivity index (χ3v) is 5.42. The van der Waals surface area contributed by atoms with E-state index in [1.165, 1.54) is 38.6 Å². The van der Waals surface area contributed by atoms with Crippen LogP contribution in [0.4, 0.5) is 0 Å². The number of hydrogen-bond acceptors (Lipinski definition) is 4. The largest absolute Gasteiger partial charge is 0.338 e. The molecule has 1 saturated heterocycles. The van der Waals surface area contributed by atoms with Gasteiger partial charge < -0.3 is 4.90 Å². The maximum Gasteiger partial charge on any atom is 0.210 e. The summed E-state index contributed by atoms with van der Waals surface area (Å²) in [6.45, 7) is 2.53. The van der Waals surface area contributed by atoms with E-state index in [9.17, 15) is 4.79 Å². The predicted molar refractivity (Wildman–Crippen MR) is 93.4 cm³/mol. The zero-order valence-electron chi connectivity index (χ0n) is 14.0. The molecule has 2 aromatic rings. The molecule has 5 heteroatoms. The van der Waals surface area contributed by atoms with Gasteiger partial charge in [-0.25, -0.2) is 4.98 Å². The van der Waals surface area contributed by atoms with Gasteiger partial charge in [-0.3, -0.25) is 14.7 Å². The Labute approximate surface area is 142 Å². The first-order valence-corrected chi connectivity index (χ1v) is 8.99. The minimum atomic E-state index is 0.508. The normalized spacial score (nSPS) is 21.8. The Morgan fingerprint density at radius 1 is 1.17 bits per heavy atom. The molecule has 0 radical (unpaired) electrons. The summed E-state index contributed by atoms with van der Waals surface area (Å²) in [6, 6.07) is 9.11. The van der Waals surface area contributed by atoms with Gasteiger partial charge in [0.1, 0.15) is 0 Å².